The van der Waals surface area contributed by atoms with E-state index in [1.807, 2.05) is 26.0 Å². The molecule has 0 aliphatic carbocycles. The third-order valence-corrected chi connectivity index (χ3v) is 3.24. The number of benzene rings is 1. The molecule has 1 aromatic carbocycles. The van der Waals surface area contributed by atoms with Crippen LogP contribution >= 0.6 is 0 Å². The van der Waals surface area contributed by atoms with Crippen LogP contribution in [0.25, 0.3) is 0 Å². The maximum Gasteiger partial charge on any atom is 0.340 e. The number of furan rings is 1. The molecule has 1 heterocycles. The van der Waals surface area contributed by atoms with Gasteiger partial charge in [0.2, 0.25) is 0 Å². The van der Waals surface area contributed by atoms with E-state index in [1.54, 1.807) is 6.07 Å². The van der Waals surface area contributed by atoms with Gasteiger partial charge in [0.1, 0.15) is 17.3 Å². The molecule has 1 N–H and O–H groups in total. The molecule has 0 bridgehead atoms. The second kappa shape index (κ2) is 6.54. The number of rotatable bonds is 5. The molecule has 4 nitrogen and oxygen atoms in total. The summed E-state index contributed by atoms with van der Waals surface area (Å²) in [7, 11) is 1.23. The van der Waals surface area contributed by atoms with Crippen LogP contribution in [0.3, 0.4) is 0 Å². The highest BCUT2D eigenvalue weighted by Gasteiger charge is 2.13. The molecule has 21 heavy (non-hydrogen) atoms. The van der Waals surface area contributed by atoms with Crippen molar-refractivity contribution < 1.29 is 18.3 Å². The van der Waals surface area contributed by atoms with Gasteiger partial charge >= 0.3 is 5.97 Å². The van der Waals surface area contributed by atoms with Gasteiger partial charge in [-0.3, -0.25) is 0 Å². The lowest BCUT2D eigenvalue weighted by Gasteiger charge is -2.12. The average Bonchev–Trinajstić information content (AvgIpc) is 2.90. The Bertz CT molecular complexity index is 636. The molecule has 0 radical (unpaired) electrons. The summed E-state index contributed by atoms with van der Waals surface area (Å²) in [5, 5.41) is 3.24. The largest absolute Gasteiger partial charge is 0.465 e. The van der Waals surface area contributed by atoms with Crippen LogP contribution in [0.1, 0.15) is 40.4 Å². The molecule has 1 atom stereocenters. The van der Waals surface area contributed by atoms with Gasteiger partial charge < -0.3 is 14.5 Å². The Kier molecular flexibility index (Phi) is 4.75. The topological polar surface area (TPSA) is 51.5 Å². The molecule has 0 saturated heterocycles. The van der Waals surface area contributed by atoms with Crippen LogP contribution in [-0.2, 0) is 11.3 Å². The lowest BCUT2D eigenvalue weighted by molar-refractivity contribution is 0.0595. The Morgan fingerprint density at radius 3 is 2.71 bits per heavy atom. The second-order valence-corrected chi connectivity index (χ2v) is 4.86. The summed E-state index contributed by atoms with van der Waals surface area (Å²) in [5.41, 5.74) is 0.686. The zero-order valence-electron chi connectivity index (χ0n) is 12.3. The number of carbonyl (C=O) groups excluding carboxylic acids is 1. The van der Waals surface area contributed by atoms with Crippen molar-refractivity contribution in [2.45, 2.75) is 26.4 Å². The van der Waals surface area contributed by atoms with Crippen LogP contribution in [0, 0.1) is 12.7 Å². The van der Waals surface area contributed by atoms with Crippen molar-refractivity contribution in [3.63, 3.8) is 0 Å². The lowest BCUT2D eigenvalue weighted by Crippen LogP contribution is -2.18. The van der Waals surface area contributed by atoms with Crippen molar-refractivity contribution in [3.8, 4) is 0 Å². The Morgan fingerprint density at radius 1 is 1.38 bits per heavy atom. The maximum atomic E-state index is 13.8. The minimum absolute atomic E-state index is 0.0158. The number of nitrogens with one attached hydrogen (secondary N) is 1. The van der Waals surface area contributed by atoms with Gasteiger partial charge in [0.15, 0.2) is 0 Å². The van der Waals surface area contributed by atoms with Gasteiger partial charge in [-0.2, -0.15) is 0 Å². The first kappa shape index (κ1) is 15.3. The minimum atomic E-state index is -0.675. The molecule has 2 rings (SSSR count). The first-order chi connectivity index (χ1) is 10.0. The predicted molar refractivity (Wildman–Crippen MR) is 76.4 cm³/mol. The second-order valence-electron chi connectivity index (χ2n) is 4.86. The summed E-state index contributed by atoms with van der Waals surface area (Å²) >= 11 is 0. The first-order valence-corrected chi connectivity index (χ1v) is 6.67. The van der Waals surface area contributed by atoms with Gasteiger partial charge in [-0.15, -0.1) is 0 Å². The monoisotopic (exact) mass is 291 g/mol. The van der Waals surface area contributed by atoms with Crippen molar-refractivity contribution in [2.24, 2.45) is 0 Å². The zero-order valence-corrected chi connectivity index (χ0v) is 12.3. The quantitative estimate of drug-likeness (QED) is 0.858. The molecule has 0 saturated carbocycles. The van der Waals surface area contributed by atoms with E-state index >= 15 is 0 Å². The Balaban J connectivity index is 2.00. The average molecular weight is 291 g/mol. The SMILES string of the molecule is COC(=O)c1ccc(CNC(C)c2ccc(C)o2)cc1F. The summed E-state index contributed by atoms with van der Waals surface area (Å²) < 4.78 is 23.8. The van der Waals surface area contributed by atoms with E-state index in [9.17, 15) is 9.18 Å². The Labute approximate surface area is 122 Å². The number of hydrogen-bond acceptors (Lipinski definition) is 4. The van der Waals surface area contributed by atoms with Crippen LogP contribution in [0.5, 0.6) is 0 Å². The molecule has 1 aromatic heterocycles. The van der Waals surface area contributed by atoms with Gasteiger partial charge in [-0.25, -0.2) is 9.18 Å². The standard InChI is InChI=1S/C16H18FNO3/c1-10-4-7-15(21-10)11(2)18-9-12-5-6-13(14(17)8-12)16(19)20-3/h4-8,11,18H,9H2,1-3H3. The Morgan fingerprint density at radius 2 is 2.14 bits per heavy atom. The fourth-order valence-electron chi connectivity index (χ4n) is 2.00. The summed E-state index contributed by atoms with van der Waals surface area (Å²) in [4.78, 5) is 11.3. The van der Waals surface area contributed by atoms with Crippen LogP contribution in [-0.4, -0.2) is 13.1 Å². The smallest absolute Gasteiger partial charge is 0.340 e. The number of hydrogen-bond donors (Lipinski definition) is 1. The highest BCUT2D eigenvalue weighted by atomic mass is 19.1. The molecular formula is C16H18FNO3. The molecule has 0 aliphatic rings. The van der Waals surface area contributed by atoms with Crippen molar-refractivity contribution in [1.82, 2.24) is 5.32 Å². The van der Waals surface area contributed by atoms with Crippen LogP contribution in [0.4, 0.5) is 4.39 Å². The fraction of sp³-hybridized carbons (Fsp3) is 0.312. The molecule has 0 amide bonds. The van der Waals surface area contributed by atoms with Crippen molar-refractivity contribution in [1.29, 1.82) is 0 Å². The van der Waals surface area contributed by atoms with Crippen LogP contribution < -0.4 is 5.32 Å². The van der Waals surface area contributed by atoms with Crippen molar-refractivity contribution >= 4 is 5.97 Å². The number of carbonyl (C=O) groups is 1. The zero-order chi connectivity index (χ0) is 15.4. The molecule has 5 heteroatoms. The Hall–Kier alpha value is -2.14. The highest BCUT2D eigenvalue weighted by Crippen LogP contribution is 2.17. The third kappa shape index (κ3) is 3.70. The highest BCUT2D eigenvalue weighted by molar-refractivity contribution is 5.89. The predicted octanol–water partition coefficient (Wildman–Crippen LogP) is 3.36. The molecule has 0 aliphatic heterocycles. The van der Waals surface area contributed by atoms with Gasteiger partial charge in [-0.05, 0) is 43.7 Å². The van der Waals surface area contributed by atoms with E-state index in [1.165, 1.54) is 19.2 Å². The molecular weight excluding hydrogens is 273 g/mol. The molecule has 0 fully saturated rings. The first-order valence-electron chi connectivity index (χ1n) is 6.67. The molecule has 112 valence electrons. The molecule has 2 aromatic rings. The van der Waals surface area contributed by atoms with Gasteiger partial charge in [-0.1, -0.05) is 6.07 Å². The normalized spacial score (nSPS) is 12.2. The van der Waals surface area contributed by atoms with E-state index in [0.29, 0.717) is 6.54 Å². The number of methoxy groups -OCH3 is 1. The molecule has 1 unspecified atom stereocenters. The fourth-order valence-corrected chi connectivity index (χ4v) is 2.00. The van der Waals surface area contributed by atoms with E-state index in [0.717, 1.165) is 17.1 Å². The summed E-state index contributed by atoms with van der Waals surface area (Å²) in [6.07, 6.45) is 0. The number of esters is 1. The van der Waals surface area contributed by atoms with Gasteiger partial charge in [0.05, 0.1) is 18.7 Å². The van der Waals surface area contributed by atoms with Crippen molar-refractivity contribution in [3.05, 3.63) is 58.8 Å². The van der Waals surface area contributed by atoms with Crippen molar-refractivity contribution in [2.75, 3.05) is 7.11 Å². The minimum Gasteiger partial charge on any atom is -0.465 e. The third-order valence-electron chi connectivity index (χ3n) is 3.24. The van der Waals surface area contributed by atoms with E-state index < -0.39 is 11.8 Å². The summed E-state index contributed by atoms with van der Waals surface area (Å²) in [5.74, 6) is 0.431. The van der Waals surface area contributed by atoms with Crippen LogP contribution in [0.15, 0.2) is 34.7 Å². The van der Waals surface area contributed by atoms with Crippen LogP contribution in [0.2, 0.25) is 0 Å². The number of ether oxygens (including phenoxy) is 1. The van der Waals surface area contributed by atoms with Gasteiger partial charge in [0.25, 0.3) is 0 Å². The summed E-state index contributed by atoms with van der Waals surface area (Å²) in [6, 6.07) is 8.29. The van der Waals surface area contributed by atoms with E-state index in [4.69, 9.17) is 4.42 Å². The maximum absolute atomic E-state index is 13.8. The van der Waals surface area contributed by atoms with Gasteiger partial charge in [0, 0.05) is 6.54 Å². The molecule has 0 spiro atoms. The summed E-state index contributed by atoms with van der Waals surface area (Å²) in [6.45, 7) is 4.33. The number of aryl methyl sites for hydroxylation is 1. The number of halogens is 1. The lowest BCUT2D eigenvalue weighted by atomic mass is 10.1. The van der Waals surface area contributed by atoms with E-state index in [2.05, 4.69) is 10.1 Å². The van der Waals surface area contributed by atoms with E-state index in [-0.39, 0.29) is 11.6 Å².